The average Bonchev–Trinajstić information content (AvgIpc) is 3.21. The lowest BCUT2D eigenvalue weighted by molar-refractivity contribution is 0.0144. The number of carbonyl (C=O) groups is 2. The van der Waals surface area contributed by atoms with E-state index in [2.05, 4.69) is 15.0 Å². The number of esters is 1. The number of benzene rings is 1. The van der Waals surface area contributed by atoms with E-state index in [-0.39, 0.29) is 12.1 Å². The number of piperazine rings is 1. The number of aromatic nitrogens is 2. The minimum Gasteiger partial charge on any atom is -0.465 e. The van der Waals surface area contributed by atoms with Crippen molar-refractivity contribution in [1.82, 2.24) is 19.9 Å². The van der Waals surface area contributed by atoms with E-state index in [1.807, 2.05) is 20.8 Å². The Hall–Kier alpha value is -2.94. The summed E-state index contributed by atoms with van der Waals surface area (Å²) >= 11 is 0. The van der Waals surface area contributed by atoms with Crippen LogP contribution in [-0.4, -0.2) is 77.4 Å². The van der Waals surface area contributed by atoms with Crippen LogP contribution in [0.4, 0.5) is 4.79 Å². The molecule has 0 radical (unpaired) electrons. The van der Waals surface area contributed by atoms with Crippen LogP contribution in [0.2, 0.25) is 0 Å². The predicted molar refractivity (Wildman–Crippen MR) is 114 cm³/mol. The summed E-state index contributed by atoms with van der Waals surface area (Å²) in [5.74, 6) is 0.696. The van der Waals surface area contributed by atoms with Crippen LogP contribution in [0.1, 0.15) is 43.4 Å². The molecule has 0 N–H and O–H groups in total. The molecular weight excluding hydrogens is 400 g/mol. The molecule has 3 rings (SSSR count). The van der Waals surface area contributed by atoms with Gasteiger partial charge >= 0.3 is 12.1 Å². The van der Waals surface area contributed by atoms with E-state index in [1.165, 1.54) is 7.11 Å². The largest absolute Gasteiger partial charge is 0.465 e. The maximum atomic E-state index is 12.1. The van der Waals surface area contributed by atoms with Crippen molar-refractivity contribution in [2.45, 2.75) is 39.2 Å². The van der Waals surface area contributed by atoms with Gasteiger partial charge in [0.05, 0.1) is 12.7 Å². The Morgan fingerprint density at radius 1 is 1.10 bits per heavy atom. The second-order valence-electron chi connectivity index (χ2n) is 8.50. The number of rotatable bonds is 6. The zero-order valence-electron chi connectivity index (χ0n) is 18.6. The first kappa shape index (κ1) is 22.7. The molecule has 168 valence electrons. The van der Waals surface area contributed by atoms with Gasteiger partial charge in [-0.05, 0) is 58.0 Å². The lowest BCUT2D eigenvalue weighted by atomic mass is 10.1. The van der Waals surface area contributed by atoms with Crippen LogP contribution in [0.25, 0.3) is 11.5 Å². The van der Waals surface area contributed by atoms with Crippen LogP contribution in [0.15, 0.2) is 28.8 Å². The summed E-state index contributed by atoms with van der Waals surface area (Å²) in [4.78, 5) is 32.2. The number of amides is 1. The topological polar surface area (TPSA) is 98.0 Å². The number of carbonyl (C=O) groups excluding carboxylic acids is 2. The molecule has 1 aliphatic heterocycles. The standard InChI is InChI=1S/C22H30N4O5/c1-22(2,3)30-21(28)26-14-12-25(13-15-26)11-5-6-18-23-19(31-24-18)16-7-9-17(10-8-16)20(27)29-4/h7-10H,5-6,11-15H2,1-4H3. The summed E-state index contributed by atoms with van der Waals surface area (Å²) < 4.78 is 15.5. The highest BCUT2D eigenvalue weighted by atomic mass is 16.6. The predicted octanol–water partition coefficient (Wildman–Crippen LogP) is 3.01. The van der Waals surface area contributed by atoms with E-state index < -0.39 is 5.60 Å². The van der Waals surface area contributed by atoms with Crippen LogP contribution in [0.5, 0.6) is 0 Å². The minimum absolute atomic E-state index is 0.244. The highest BCUT2D eigenvalue weighted by Gasteiger charge is 2.25. The van der Waals surface area contributed by atoms with Crippen molar-refractivity contribution in [2.24, 2.45) is 0 Å². The van der Waals surface area contributed by atoms with Gasteiger partial charge in [0.2, 0.25) is 0 Å². The number of hydrogen-bond donors (Lipinski definition) is 0. The first-order valence-corrected chi connectivity index (χ1v) is 10.5. The molecule has 9 heteroatoms. The molecule has 0 aliphatic carbocycles. The third-order valence-electron chi connectivity index (χ3n) is 4.92. The van der Waals surface area contributed by atoms with Gasteiger partial charge in [0, 0.05) is 38.2 Å². The number of methoxy groups -OCH3 is 1. The normalized spacial score (nSPS) is 15.0. The number of aryl methyl sites for hydroxylation is 1. The van der Waals surface area contributed by atoms with Crippen LogP contribution >= 0.6 is 0 Å². The van der Waals surface area contributed by atoms with Crippen molar-refractivity contribution in [3.63, 3.8) is 0 Å². The van der Waals surface area contributed by atoms with Gasteiger partial charge in [0.1, 0.15) is 5.60 Å². The van der Waals surface area contributed by atoms with Crippen LogP contribution in [0.3, 0.4) is 0 Å². The SMILES string of the molecule is COC(=O)c1ccc(-c2nc(CCCN3CCN(C(=O)OC(C)(C)C)CC3)no2)cc1. The Bertz CT molecular complexity index is 880. The Balaban J connectivity index is 1.42. The van der Waals surface area contributed by atoms with Crippen LogP contribution in [-0.2, 0) is 15.9 Å². The highest BCUT2D eigenvalue weighted by molar-refractivity contribution is 5.89. The van der Waals surface area contributed by atoms with Crippen LogP contribution in [0, 0.1) is 0 Å². The number of nitrogens with zero attached hydrogens (tertiary/aromatic N) is 4. The Labute approximate surface area is 182 Å². The molecule has 0 spiro atoms. The lowest BCUT2D eigenvalue weighted by Crippen LogP contribution is -2.50. The maximum Gasteiger partial charge on any atom is 0.410 e. The van der Waals surface area contributed by atoms with Crippen molar-refractivity contribution in [3.8, 4) is 11.5 Å². The molecule has 2 heterocycles. The van der Waals surface area contributed by atoms with Gasteiger partial charge in [0.25, 0.3) is 5.89 Å². The van der Waals surface area contributed by atoms with Crippen LogP contribution < -0.4 is 0 Å². The molecule has 0 unspecified atom stereocenters. The van der Waals surface area contributed by atoms with Gasteiger partial charge in [-0.25, -0.2) is 9.59 Å². The minimum atomic E-state index is -0.471. The zero-order chi connectivity index (χ0) is 22.4. The fourth-order valence-corrected chi connectivity index (χ4v) is 3.28. The zero-order valence-corrected chi connectivity index (χ0v) is 18.6. The monoisotopic (exact) mass is 430 g/mol. The summed E-state index contributed by atoms with van der Waals surface area (Å²) in [5.41, 5.74) is 0.753. The molecule has 1 saturated heterocycles. The fourth-order valence-electron chi connectivity index (χ4n) is 3.28. The van der Waals surface area contributed by atoms with Gasteiger partial charge in [0.15, 0.2) is 5.82 Å². The Morgan fingerprint density at radius 3 is 2.39 bits per heavy atom. The molecule has 1 aliphatic rings. The summed E-state index contributed by atoms with van der Waals surface area (Å²) in [6.07, 6.45) is 1.36. The van der Waals surface area contributed by atoms with Gasteiger partial charge in [-0.3, -0.25) is 4.90 Å². The van der Waals surface area contributed by atoms with E-state index >= 15 is 0 Å². The highest BCUT2D eigenvalue weighted by Crippen LogP contribution is 2.19. The summed E-state index contributed by atoms with van der Waals surface area (Å²) in [6.45, 7) is 9.52. The van der Waals surface area contributed by atoms with Crippen molar-refractivity contribution in [3.05, 3.63) is 35.7 Å². The fraction of sp³-hybridized carbons (Fsp3) is 0.545. The number of hydrogen-bond acceptors (Lipinski definition) is 8. The van der Waals surface area contributed by atoms with Crippen molar-refractivity contribution in [2.75, 3.05) is 39.8 Å². The molecule has 1 aromatic carbocycles. The quantitative estimate of drug-likeness (QED) is 0.645. The molecule has 2 aromatic rings. The molecule has 1 amide bonds. The van der Waals surface area contributed by atoms with Gasteiger partial charge in [-0.2, -0.15) is 4.98 Å². The summed E-state index contributed by atoms with van der Waals surface area (Å²) in [6, 6.07) is 6.85. The van der Waals surface area contributed by atoms with Crippen molar-refractivity contribution in [1.29, 1.82) is 0 Å². The van der Waals surface area contributed by atoms with E-state index in [0.29, 0.717) is 36.8 Å². The first-order chi connectivity index (χ1) is 14.7. The lowest BCUT2D eigenvalue weighted by Gasteiger charge is -2.35. The molecular formula is C22H30N4O5. The molecule has 31 heavy (non-hydrogen) atoms. The molecule has 0 atom stereocenters. The van der Waals surface area contributed by atoms with E-state index in [9.17, 15) is 9.59 Å². The van der Waals surface area contributed by atoms with Gasteiger partial charge in [-0.15, -0.1) is 0 Å². The Kier molecular flexibility index (Phi) is 7.27. The molecule has 9 nitrogen and oxygen atoms in total. The third-order valence-corrected chi connectivity index (χ3v) is 4.92. The van der Waals surface area contributed by atoms with E-state index in [0.717, 1.165) is 31.6 Å². The second-order valence-corrected chi connectivity index (χ2v) is 8.50. The molecule has 1 aromatic heterocycles. The van der Waals surface area contributed by atoms with E-state index in [1.54, 1.807) is 29.2 Å². The van der Waals surface area contributed by atoms with Gasteiger partial charge < -0.3 is 18.9 Å². The van der Waals surface area contributed by atoms with Crippen molar-refractivity contribution < 1.29 is 23.6 Å². The maximum absolute atomic E-state index is 12.1. The smallest absolute Gasteiger partial charge is 0.410 e. The molecule has 1 fully saturated rings. The van der Waals surface area contributed by atoms with Crippen molar-refractivity contribution >= 4 is 12.1 Å². The average molecular weight is 431 g/mol. The molecule has 0 bridgehead atoms. The van der Waals surface area contributed by atoms with Gasteiger partial charge in [-0.1, -0.05) is 5.16 Å². The Morgan fingerprint density at radius 2 is 1.77 bits per heavy atom. The summed E-state index contributed by atoms with van der Waals surface area (Å²) in [7, 11) is 1.35. The third kappa shape index (κ3) is 6.52. The molecule has 0 saturated carbocycles. The summed E-state index contributed by atoms with van der Waals surface area (Å²) in [5, 5.41) is 4.05. The van der Waals surface area contributed by atoms with E-state index in [4.69, 9.17) is 14.0 Å². The number of ether oxygens (including phenoxy) is 2. The second kappa shape index (κ2) is 9.91. The first-order valence-electron chi connectivity index (χ1n) is 10.5.